The van der Waals surface area contributed by atoms with E-state index in [2.05, 4.69) is 6.58 Å². The number of hydrogen-bond acceptors (Lipinski definition) is 2. The van der Waals surface area contributed by atoms with Gasteiger partial charge in [-0.15, -0.1) is 0 Å². The van der Waals surface area contributed by atoms with Gasteiger partial charge >= 0.3 is 0 Å². The molecule has 3 heteroatoms. The van der Waals surface area contributed by atoms with E-state index < -0.39 is 5.95 Å². The zero-order chi connectivity index (χ0) is 8.31. The van der Waals surface area contributed by atoms with Gasteiger partial charge < -0.3 is 4.90 Å². The van der Waals surface area contributed by atoms with Crippen LogP contribution in [0.15, 0.2) is 12.5 Å². The van der Waals surface area contributed by atoms with Gasteiger partial charge in [-0.3, -0.25) is 4.90 Å². The minimum atomic E-state index is -0.402. The Balaban J connectivity index is 3.94. The first-order valence-corrected chi connectivity index (χ1v) is 3.20. The Hall–Kier alpha value is -0.570. The molecule has 1 unspecified atom stereocenters. The van der Waals surface area contributed by atoms with Crippen molar-refractivity contribution in [2.75, 3.05) is 21.1 Å². The zero-order valence-corrected chi connectivity index (χ0v) is 7.06. The van der Waals surface area contributed by atoms with Crippen molar-refractivity contribution in [2.24, 2.45) is 0 Å². The van der Waals surface area contributed by atoms with Crippen LogP contribution >= 0.6 is 0 Å². The fourth-order valence-corrected chi connectivity index (χ4v) is 0.549. The van der Waals surface area contributed by atoms with E-state index in [1.54, 1.807) is 7.05 Å². The first-order chi connectivity index (χ1) is 4.46. The molecule has 0 saturated heterocycles. The molecule has 0 N–H and O–H groups in total. The molecule has 0 saturated carbocycles. The molecule has 0 aliphatic heterocycles. The second-order valence-corrected chi connectivity index (χ2v) is 2.58. The van der Waals surface area contributed by atoms with Crippen LogP contribution in [0.3, 0.4) is 0 Å². The number of halogens is 1. The molecule has 1 atom stereocenters. The summed E-state index contributed by atoms with van der Waals surface area (Å²) >= 11 is 0. The van der Waals surface area contributed by atoms with Crippen LogP contribution in [0.25, 0.3) is 0 Å². The highest BCUT2D eigenvalue weighted by atomic mass is 19.1. The monoisotopic (exact) mass is 146 g/mol. The summed E-state index contributed by atoms with van der Waals surface area (Å²) in [6.07, 6.45) is 0.0532. The molecular weight excluding hydrogens is 131 g/mol. The highest BCUT2D eigenvalue weighted by Gasteiger charge is 2.11. The second-order valence-electron chi connectivity index (χ2n) is 2.58. The lowest BCUT2D eigenvalue weighted by atomic mass is 10.4. The van der Waals surface area contributed by atoms with Crippen molar-refractivity contribution in [1.29, 1.82) is 0 Å². The molecule has 0 heterocycles. The minimum absolute atomic E-state index is 0.0532. The Morgan fingerprint density at radius 2 is 1.80 bits per heavy atom. The topological polar surface area (TPSA) is 6.48 Å². The van der Waals surface area contributed by atoms with Gasteiger partial charge in [-0.25, -0.2) is 0 Å². The van der Waals surface area contributed by atoms with Crippen molar-refractivity contribution < 1.29 is 4.39 Å². The average Bonchev–Trinajstić information content (AvgIpc) is 1.84. The third kappa shape index (κ3) is 2.35. The lowest BCUT2D eigenvalue weighted by Gasteiger charge is -2.29. The molecule has 0 radical (unpaired) electrons. The molecule has 0 aromatic carbocycles. The summed E-state index contributed by atoms with van der Waals surface area (Å²) in [7, 11) is 5.46. The largest absolute Gasteiger partial charge is 0.337 e. The molecule has 2 nitrogen and oxygen atoms in total. The molecular formula is C7H15FN2. The van der Waals surface area contributed by atoms with Gasteiger partial charge in [0.15, 0.2) is 5.95 Å². The van der Waals surface area contributed by atoms with E-state index in [4.69, 9.17) is 0 Å². The van der Waals surface area contributed by atoms with Crippen molar-refractivity contribution in [3.63, 3.8) is 0 Å². The Kier molecular flexibility index (Phi) is 3.36. The molecule has 10 heavy (non-hydrogen) atoms. The van der Waals surface area contributed by atoms with Gasteiger partial charge in [0.2, 0.25) is 0 Å². The van der Waals surface area contributed by atoms with Crippen LogP contribution in [0.2, 0.25) is 0 Å². The molecule has 0 aromatic heterocycles. The van der Waals surface area contributed by atoms with Crippen LogP contribution in [-0.2, 0) is 0 Å². The van der Waals surface area contributed by atoms with Crippen LogP contribution in [0.5, 0.6) is 0 Å². The van der Waals surface area contributed by atoms with E-state index >= 15 is 0 Å². The SMILES string of the molecule is C=C(F)N(C)C(C)N(C)C. The van der Waals surface area contributed by atoms with Gasteiger partial charge in [0.05, 0.1) is 6.17 Å². The molecule has 0 rings (SSSR count). The molecule has 0 aromatic rings. The third-order valence-corrected chi connectivity index (χ3v) is 1.69. The van der Waals surface area contributed by atoms with Crippen LogP contribution in [0.1, 0.15) is 6.92 Å². The number of hydrogen-bond donors (Lipinski definition) is 0. The summed E-state index contributed by atoms with van der Waals surface area (Å²) in [5.74, 6) is -0.402. The lowest BCUT2D eigenvalue weighted by Crippen LogP contribution is -2.38. The normalized spacial score (nSPS) is 13.4. The highest BCUT2D eigenvalue weighted by molar-refractivity contribution is 4.81. The lowest BCUT2D eigenvalue weighted by molar-refractivity contribution is 0.127. The standard InChI is InChI=1S/C7H15FN2/c1-6(8)10(5)7(2)9(3)4/h7H,1H2,2-5H3. The number of nitrogens with zero attached hydrogens (tertiary/aromatic N) is 2. The summed E-state index contributed by atoms with van der Waals surface area (Å²) in [5.41, 5.74) is 0. The maximum atomic E-state index is 12.4. The van der Waals surface area contributed by atoms with E-state index in [1.165, 1.54) is 4.90 Å². The summed E-state index contributed by atoms with van der Waals surface area (Å²) in [5, 5.41) is 0. The van der Waals surface area contributed by atoms with Gasteiger partial charge in [0, 0.05) is 7.05 Å². The quantitative estimate of drug-likeness (QED) is 0.437. The molecule has 0 fully saturated rings. The van der Waals surface area contributed by atoms with E-state index in [0.29, 0.717) is 0 Å². The zero-order valence-electron chi connectivity index (χ0n) is 7.06. The van der Waals surface area contributed by atoms with Crippen LogP contribution in [0, 0.1) is 0 Å². The van der Waals surface area contributed by atoms with Gasteiger partial charge in [-0.2, -0.15) is 4.39 Å². The summed E-state index contributed by atoms with van der Waals surface area (Å²) in [6.45, 7) is 5.10. The van der Waals surface area contributed by atoms with Crippen LogP contribution < -0.4 is 0 Å². The Labute approximate surface area is 61.9 Å². The van der Waals surface area contributed by atoms with Gasteiger partial charge in [0.1, 0.15) is 0 Å². The highest BCUT2D eigenvalue weighted by Crippen LogP contribution is 2.06. The van der Waals surface area contributed by atoms with Crippen molar-refractivity contribution in [2.45, 2.75) is 13.1 Å². The van der Waals surface area contributed by atoms with E-state index in [-0.39, 0.29) is 6.17 Å². The Morgan fingerprint density at radius 3 is 1.90 bits per heavy atom. The van der Waals surface area contributed by atoms with Gasteiger partial charge in [-0.1, -0.05) is 0 Å². The molecule has 0 aliphatic rings. The third-order valence-electron chi connectivity index (χ3n) is 1.69. The van der Waals surface area contributed by atoms with Crippen molar-refractivity contribution >= 4 is 0 Å². The molecule has 0 bridgehead atoms. The first kappa shape index (κ1) is 9.43. The molecule has 0 aliphatic carbocycles. The van der Waals surface area contributed by atoms with Crippen LogP contribution in [-0.4, -0.2) is 37.1 Å². The predicted octanol–water partition coefficient (Wildman–Crippen LogP) is 1.27. The first-order valence-electron chi connectivity index (χ1n) is 3.20. The maximum absolute atomic E-state index is 12.4. The molecule has 0 spiro atoms. The Morgan fingerprint density at radius 1 is 1.40 bits per heavy atom. The molecule has 0 amide bonds. The van der Waals surface area contributed by atoms with Crippen molar-refractivity contribution in [3.05, 3.63) is 12.5 Å². The molecule has 60 valence electrons. The van der Waals surface area contributed by atoms with Gasteiger partial charge in [-0.05, 0) is 27.6 Å². The maximum Gasteiger partial charge on any atom is 0.183 e. The smallest absolute Gasteiger partial charge is 0.183 e. The van der Waals surface area contributed by atoms with Crippen molar-refractivity contribution in [3.8, 4) is 0 Å². The minimum Gasteiger partial charge on any atom is -0.337 e. The van der Waals surface area contributed by atoms with E-state index in [9.17, 15) is 4.39 Å². The summed E-state index contributed by atoms with van der Waals surface area (Å²) < 4.78 is 12.4. The average molecular weight is 146 g/mol. The van der Waals surface area contributed by atoms with Gasteiger partial charge in [0.25, 0.3) is 0 Å². The van der Waals surface area contributed by atoms with E-state index in [0.717, 1.165) is 0 Å². The van der Waals surface area contributed by atoms with E-state index in [1.807, 2.05) is 25.9 Å². The fraction of sp³-hybridized carbons (Fsp3) is 0.714. The van der Waals surface area contributed by atoms with Crippen molar-refractivity contribution in [1.82, 2.24) is 9.80 Å². The summed E-state index contributed by atoms with van der Waals surface area (Å²) in [6, 6.07) is 0. The van der Waals surface area contributed by atoms with Crippen LogP contribution in [0.4, 0.5) is 4.39 Å². The number of rotatable bonds is 3. The fourth-order valence-electron chi connectivity index (χ4n) is 0.549. The predicted molar refractivity (Wildman–Crippen MR) is 41.2 cm³/mol. The summed E-state index contributed by atoms with van der Waals surface area (Å²) in [4.78, 5) is 3.38. The second kappa shape index (κ2) is 3.56. The Bertz CT molecular complexity index is 123.